The number of likely N-dealkylation sites (tertiary alicyclic amines) is 1. The molecule has 1 aliphatic heterocycles. The van der Waals surface area contributed by atoms with Crippen LogP contribution in [0.15, 0.2) is 24.4 Å². The molecule has 2 aromatic heterocycles. The first-order valence-electron chi connectivity index (χ1n) is 6.05. The van der Waals surface area contributed by atoms with Crippen molar-refractivity contribution in [1.29, 1.82) is 0 Å². The van der Waals surface area contributed by atoms with Crippen LogP contribution >= 0.6 is 0 Å². The van der Waals surface area contributed by atoms with Gasteiger partial charge in [-0.15, -0.1) is 0 Å². The van der Waals surface area contributed by atoms with Gasteiger partial charge in [0.15, 0.2) is 0 Å². The van der Waals surface area contributed by atoms with Crippen molar-refractivity contribution in [3.05, 3.63) is 35.9 Å². The average Bonchev–Trinajstić information content (AvgIpc) is 2.94. The van der Waals surface area contributed by atoms with Gasteiger partial charge in [0.05, 0.1) is 11.7 Å². The van der Waals surface area contributed by atoms with Crippen molar-refractivity contribution < 1.29 is 9.90 Å². The molecule has 1 unspecified atom stereocenters. The minimum Gasteiger partial charge on any atom is -0.477 e. The quantitative estimate of drug-likeness (QED) is 0.870. The number of pyridine rings is 1. The second-order valence-electron chi connectivity index (χ2n) is 4.84. The van der Waals surface area contributed by atoms with Crippen LogP contribution in [-0.4, -0.2) is 45.5 Å². The first-order chi connectivity index (χ1) is 8.66. The van der Waals surface area contributed by atoms with E-state index in [1.165, 1.54) is 0 Å². The first-order valence-corrected chi connectivity index (χ1v) is 6.05. The van der Waals surface area contributed by atoms with E-state index < -0.39 is 5.97 Å². The van der Waals surface area contributed by atoms with Gasteiger partial charge in [-0.3, -0.25) is 4.40 Å². The van der Waals surface area contributed by atoms with Gasteiger partial charge in [0, 0.05) is 12.5 Å². The number of imidazole rings is 1. The molecule has 3 heterocycles. The topological polar surface area (TPSA) is 57.8 Å². The number of rotatable bonds is 2. The van der Waals surface area contributed by atoms with Crippen LogP contribution in [0.4, 0.5) is 0 Å². The summed E-state index contributed by atoms with van der Waals surface area (Å²) < 4.78 is 1.77. The third-order valence-corrected chi connectivity index (χ3v) is 3.55. The van der Waals surface area contributed by atoms with Gasteiger partial charge in [-0.1, -0.05) is 6.07 Å². The number of aromatic nitrogens is 2. The van der Waals surface area contributed by atoms with E-state index in [1.54, 1.807) is 22.7 Å². The molecule has 5 heteroatoms. The van der Waals surface area contributed by atoms with Crippen LogP contribution in [0.3, 0.4) is 0 Å². The summed E-state index contributed by atoms with van der Waals surface area (Å²) in [6, 6.07) is 5.27. The zero-order chi connectivity index (χ0) is 12.7. The maximum absolute atomic E-state index is 11.3. The van der Waals surface area contributed by atoms with Crippen molar-refractivity contribution in [2.45, 2.75) is 12.3 Å². The number of aromatic carboxylic acids is 1. The maximum Gasteiger partial charge on any atom is 0.352 e. The molecule has 5 nitrogen and oxygen atoms in total. The van der Waals surface area contributed by atoms with Crippen LogP contribution in [-0.2, 0) is 0 Å². The van der Waals surface area contributed by atoms with Crippen molar-refractivity contribution in [2.75, 3.05) is 20.1 Å². The van der Waals surface area contributed by atoms with Gasteiger partial charge in [-0.25, -0.2) is 9.78 Å². The fourth-order valence-corrected chi connectivity index (χ4v) is 2.67. The highest BCUT2D eigenvalue weighted by molar-refractivity contribution is 5.86. The van der Waals surface area contributed by atoms with Crippen molar-refractivity contribution in [3.63, 3.8) is 0 Å². The predicted octanol–water partition coefficient (Wildman–Crippen LogP) is 1.45. The number of fused-ring (bicyclic) bond motifs is 1. The molecule has 94 valence electrons. The molecule has 1 fully saturated rings. The third-order valence-electron chi connectivity index (χ3n) is 3.55. The Kier molecular flexibility index (Phi) is 2.56. The molecule has 1 aliphatic rings. The molecule has 0 aliphatic carbocycles. The molecule has 0 saturated carbocycles. The maximum atomic E-state index is 11.3. The Morgan fingerprint density at radius 3 is 3.00 bits per heavy atom. The van der Waals surface area contributed by atoms with E-state index in [1.807, 2.05) is 6.07 Å². The lowest BCUT2D eigenvalue weighted by Gasteiger charge is -2.11. The number of hydrogen-bond donors (Lipinski definition) is 1. The number of nitrogens with zero attached hydrogens (tertiary/aromatic N) is 3. The Morgan fingerprint density at radius 2 is 2.33 bits per heavy atom. The minimum absolute atomic E-state index is 0.287. The fourth-order valence-electron chi connectivity index (χ4n) is 2.67. The summed E-state index contributed by atoms with van der Waals surface area (Å²) in [5, 5.41) is 9.26. The normalized spacial score (nSPS) is 20.6. The van der Waals surface area contributed by atoms with Crippen LogP contribution in [0.1, 0.15) is 28.7 Å². The summed E-state index contributed by atoms with van der Waals surface area (Å²) in [7, 11) is 2.08. The number of likely N-dealkylation sites (N-methyl/N-ethyl adjacent to an activating group) is 1. The Balaban J connectivity index is 2.15. The Bertz CT molecular complexity index is 605. The highest BCUT2D eigenvalue weighted by Crippen LogP contribution is 2.26. The van der Waals surface area contributed by atoms with E-state index >= 15 is 0 Å². The number of carboxylic acids is 1. The Morgan fingerprint density at radius 1 is 1.50 bits per heavy atom. The highest BCUT2D eigenvalue weighted by atomic mass is 16.4. The van der Waals surface area contributed by atoms with Crippen LogP contribution in [0.5, 0.6) is 0 Å². The van der Waals surface area contributed by atoms with E-state index in [9.17, 15) is 9.90 Å². The summed E-state index contributed by atoms with van der Waals surface area (Å²) in [5.41, 5.74) is 1.13. The first kappa shape index (κ1) is 11.2. The number of carbonyl (C=O) groups is 1. The van der Waals surface area contributed by atoms with Crippen LogP contribution in [0.2, 0.25) is 0 Å². The van der Waals surface area contributed by atoms with Crippen molar-refractivity contribution >= 4 is 11.5 Å². The molecular formula is C13H15N3O2. The third kappa shape index (κ3) is 1.67. The van der Waals surface area contributed by atoms with E-state index in [0.717, 1.165) is 30.9 Å². The monoisotopic (exact) mass is 245 g/mol. The van der Waals surface area contributed by atoms with Gasteiger partial charge >= 0.3 is 5.97 Å². The van der Waals surface area contributed by atoms with Crippen molar-refractivity contribution in [3.8, 4) is 0 Å². The number of hydrogen-bond acceptors (Lipinski definition) is 3. The van der Waals surface area contributed by atoms with Crippen LogP contribution in [0.25, 0.3) is 5.52 Å². The fraction of sp³-hybridized carbons (Fsp3) is 0.385. The second-order valence-corrected chi connectivity index (χ2v) is 4.84. The zero-order valence-electron chi connectivity index (χ0n) is 10.2. The minimum atomic E-state index is -0.911. The molecule has 1 saturated heterocycles. The lowest BCUT2D eigenvalue weighted by Crippen LogP contribution is -2.15. The summed E-state index contributed by atoms with van der Waals surface area (Å²) in [6.45, 7) is 1.97. The molecule has 0 aromatic carbocycles. The summed E-state index contributed by atoms with van der Waals surface area (Å²) in [5.74, 6) is 0.275. The number of carboxylic acid groups (broad SMARTS) is 1. The largest absolute Gasteiger partial charge is 0.477 e. The summed E-state index contributed by atoms with van der Waals surface area (Å²) >= 11 is 0. The second kappa shape index (κ2) is 4.10. The SMILES string of the molecule is CN1CCC(c2ncc3cccc(C(=O)O)n23)C1. The van der Waals surface area contributed by atoms with Gasteiger partial charge in [0.25, 0.3) is 0 Å². The van der Waals surface area contributed by atoms with Gasteiger partial charge in [-0.2, -0.15) is 0 Å². The molecular weight excluding hydrogens is 230 g/mol. The average molecular weight is 245 g/mol. The van der Waals surface area contributed by atoms with E-state index in [-0.39, 0.29) is 5.69 Å². The molecule has 1 N–H and O–H groups in total. The standard InChI is InChI=1S/C13H15N3O2/c1-15-6-5-9(8-15)12-14-7-10-3-2-4-11(13(17)18)16(10)12/h2-4,7,9H,5-6,8H2,1H3,(H,17,18). The summed E-state index contributed by atoms with van der Waals surface area (Å²) in [6.07, 6.45) is 2.78. The molecule has 1 atom stereocenters. The lowest BCUT2D eigenvalue weighted by atomic mass is 10.1. The van der Waals surface area contributed by atoms with Gasteiger partial charge < -0.3 is 10.0 Å². The van der Waals surface area contributed by atoms with Crippen LogP contribution < -0.4 is 0 Å². The van der Waals surface area contributed by atoms with E-state index in [2.05, 4.69) is 16.9 Å². The molecule has 2 aromatic rings. The van der Waals surface area contributed by atoms with E-state index in [4.69, 9.17) is 0 Å². The van der Waals surface area contributed by atoms with Crippen molar-refractivity contribution in [1.82, 2.24) is 14.3 Å². The highest BCUT2D eigenvalue weighted by Gasteiger charge is 2.26. The smallest absolute Gasteiger partial charge is 0.352 e. The van der Waals surface area contributed by atoms with Crippen LogP contribution in [0, 0.1) is 0 Å². The van der Waals surface area contributed by atoms with E-state index in [0.29, 0.717) is 5.92 Å². The Labute approximate surface area is 105 Å². The zero-order valence-corrected chi connectivity index (χ0v) is 10.2. The van der Waals surface area contributed by atoms with Gasteiger partial charge in [-0.05, 0) is 32.1 Å². The molecule has 0 spiro atoms. The predicted molar refractivity (Wildman–Crippen MR) is 67.0 cm³/mol. The molecule has 0 radical (unpaired) electrons. The molecule has 18 heavy (non-hydrogen) atoms. The molecule has 3 rings (SSSR count). The Hall–Kier alpha value is -1.88. The van der Waals surface area contributed by atoms with Crippen molar-refractivity contribution in [2.24, 2.45) is 0 Å². The van der Waals surface area contributed by atoms with Gasteiger partial charge in [0.1, 0.15) is 11.5 Å². The molecule has 0 amide bonds. The molecule has 0 bridgehead atoms. The summed E-state index contributed by atoms with van der Waals surface area (Å²) in [4.78, 5) is 18.0. The van der Waals surface area contributed by atoms with Gasteiger partial charge in [0.2, 0.25) is 0 Å². The lowest BCUT2D eigenvalue weighted by molar-refractivity contribution is 0.0688.